The first-order valence-corrected chi connectivity index (χ1v) is 5.86. The summed E-state index contributed by atoms with van der Waals surface area (Å²) in [6, 6.07) is 3.68. The lowest BCUT2D eigenvalue weighted by molar-refractivity contribution is 0.381. The summed E-state index contributed by atoms with van der Waals surface area (Å²) in [5, 5.41) is 18.0. The van der Waals surface area contributed by atoms with E-state index in [-0.39, 0.29) is 22.8 Å². The van der Waals surface area contributed by atoms with Crippen molar-refractivity contribution in [2.24, 2.45) is 0 Å². The Bertz CT molecular complexity index is 794. The van der Waals surface area contributed by atoms with Crippen LogP contribution >= 0.6 is 0 Å². The van der Waals surface area contributed by atoms with Crippen LogP contribution < -0.4 is 5.56 Å². The topological polar surface area (TPSA) is 100 Å². The summed E-state index contributed by atoms with van der Waals surface area (Å²) >= 11 is 0. The van der Waals surface area contributed by atoms with E-state index >= 15 is 0 Å². The zero-order valence-corrected chi connectivity index (χ0v) is 11.3. The van der Waals surface area contributed by atoms with Gasteiger partial charge in [-0.15, -0.1) is 0 Å². The molecule has 0 aromatic carbocycles. The van der Waals surface area contributed by atoms with E-state index in [0.717, 1.165) is 0 Å². The third kappa shape index (κ3) is 2.06. The van der Waals surface area contributed by atoms with Crippen LogP contribution in [0.25, 0.3) is 5.82 Å². The lowest BCUT2D eigenvalue weighted by Crippen LogP contribution is -2.35. The third-order valence-corrected chi connectivity index (χ3v) is 2.75. The zero-order chi connectivity index (χ0) is 14.9. The predicted octanol–water partition coefficient (Wildman–Crippen LogP) is 0.927. The van der Waals surface area contributed by atoms with Crippen LogP contribution in [0.4, 0.5) is 0 Å². The molecular weight excluding hydrogens is 256 g/mol. The first kappa shape index (κ1) is 13.5. The van der Waals surface area contributed by atoms with E-state index in [4.69, 9.17) is 10.5 Å². The zero-order valence-electron chi connectivity index (χ0n) is 11.3. The molecule has 2 heterocycles. The molecule has 0 bridgehead atoms. The van der Waals surface area contributed by atoms with Gasteiger partial charge in [0.05, 0.1) is 0 Å². The SMILES string of the molecule is CC(C)(C)n1ccnc(-n2cnc(C#N)c2C#N)c1=O. The number of aromatic nitrogens is 4. The van der Waals surface area contributed by atoms with Crippen LogP contribution in [0.3, 0.4) is 0 Å². The monoisotopic (exact) mass is 268 g/mol. The molecule has 0 unspecified atom stereocenters. The first-order chi connectivity index (χ1) is 9.40. The fourth-order valence-corrected chi connectivity index (χ4v) is 1.79. The number of imidazole rings is 1. The van der Waals surface area contributed by atoms with Gasteiger partial charge in [-0.05, 0) is 20.8 Å². The van der Waals surface area contributed by atoms with E-state index in [1.807, 2.05) is 32.9 Å². The molecule has 0 amide bonds. The maximum absolute atomic E-state index is 12.4. The maximum Gasteiger partial charge on any atom is 0.294 e. The lowest BCUT2D eigenvalue weighted by Gasteiger charge is -2.22. The molecule has 0 aliphatic heterocycles. The van der Waals surface area contributed by atoms with Crippen LogP contribution in [0.1, 0.15) is 32.2 Å². The van der Waals surface area contributed by atoms with Crippen LogP contribution in [-0.2, 0) is 5.54 Å². The average molecular weight is 268 g/mol. The molecule has 0 radical (unpaired) electrons. The molecule has 0 N–H and O–H groups in total. The van der Waals surface area contributed by atoms with Gasteiger partial charge in [-0.1, -0.05) is 0 Å². The van der Waals surface area contributed by atoms with Crippen molar-refractivity contribution in [1.29, 1.82) is 10.5 Å². The minimum atomic E-state index is -0.416. The van der Waals surface area contributed by atoms with Crippen LogP contribution in [0.2, 0.25) is 0 Å². The predicted molar refractivity (Wildman–Crippen MR) is 70.0 cm³/mol. The second-order valence-electron chi connectivity index (χ2n) is 5.13. The first-order valence-electron chi connectivity index (χ1n) is 5.86. The Hall–Kier alpha value is -2.93. The highest BCUT2D eigenvalue weighted by molar-refractivity contribution is 5.41. The summed E-state index contributed by atoms with van der Waals surface area (Å²) in [5.74, 6) is 0.0491. The summed E-state index contributed by atoms with van der Waals surface area (Å²) in [4.78, 5) is 20.3. The van der Waals surface area contributed by atoms with E-state index in [2.05, 4.69) is 9.97 Å². The molecule has 2 aromatic rings. The Morgan fingerprint density at radius 2 is 1.90 bits per heavy atom. The summed E-state index contributed by atoms with van der Waals surface area (Å²) < 4.78 is 2.76. The van der Waals surface area contributed by atoms with Crippen molar-refractivity contribution < 1.29 is 0 Å². The van der Waals surface area contributed by atoms with Crippen LogP contribution in [0.5, 0.6) is 0 Å². The molecule has 0 aliphatic rings. The lowest BCUT2D eigenvalue weighted by atomic mass is 10.1. The fraction of sp³-hybridized carbons (Fsp3) is 0.308. The van der Waals surface area contributed by atoms with Gasteiger partial charge in [0.15, 0.2) is 11.4 Å². The molecule has 7 nitrogen and oxygen atoms in total. The van der Waals surface area contributed by atoms with E-state index in [0.29, 0.717) is 0 Å². The number of nitrogens with zero attached hydrogens (tertiary/aromatic N) is 6. The van der Waals surface area contributed by atoms with Crippen LogP contribution in [-0.4, -0.2) is 19.1 Å². The van der Waals surface area contributed by atoms with E-state index in [1.165, 1.54) is 21.7 Å². The Kier molecular flexibility index (Phi) is 3.13. The summed E-state index contributed by atoms with van der Waals surface area (Å²) in [6.07, 6.45) is 4.32. The smallest absolute Gasteiger partial charge is 0.294 e. The Morgan fingerprint density at radius 3 is 2.45 bits per heavy atom. The molecule has 100 valence electrons. The molecule has 20 heavy (non-hydrogen) atoms. The minimum Gasteiger partial charge on any atom is -0.306 e. The average Bonchev–Trinajstić information content (AvgIpc) is 2.80. The number of hydrogen-bond donors (Lipinski definition) is 0. The summed E-state index contributed by atoms with van der Waals surface area (Å²) in [5.41, 5.74) is -0.790. The standard InChI is InChI=1S/C13H12N6O/c1-13(2,3)19-5-4-16-11(12(19)20)18-8-17-9(6-14)10(18)7-15/h4-5,8H,1-3H3. The number of nitriles is 2. The van der Waals surface area contributed by atoms with Gasteiger partial charge in [-0.25, -0.2) is 9.97 Å². The molecule has 0 aliphatic carbocycles. The largest absolute Gasteiger partial charge is 0.306 e. The Morgan fingerprint density at radius 1 is 1.20 bits per heavy atom. The van der Waals surface area contributed by atoms with Gasteiger partial charge >= 0.3 is 0 Å². The molecule has 0 saturated heterocycles. The molecule has 2 rings (SSSR count). The van der Waals surface area contributed by atoms with Gasteiger partial charge in [0, 0.05) is 17.9 Å². The van der Waals surface area contributed by atoms with Crippen LogP contribution in [0.15, 0.2) is 23.5 Å². The second-order valence-corrected chi connectivity index (χ2v) is 5.13. The highest BCUT2D eigenvalue weighted by Gasteiger charge is 2.20. The van der Waals surface area contributed by atoms with Crippen LogP contribution in [0, 0.1) is 22.7 Å². The summed E-state index contributed by atoms with van der Waals surface area (Å²) in [6.45, 7) is 5.66. The highest BCUT2D eigenvalue weighted by Crippen LogP contribution is 2.13. The summed E-state index contributed by atoms with van der Waals surface area (Å²) in [7, 11) is 0. The molecule has 0 spiro atoms. The molecule has 0 fully saturated rings. The second kappa shape index (κ2) is 4.63. The molecule has 0 saturated carbocycles. The van der Waals surface area contributed by atoms with Gasteiger partial charge < -0.3 is 4.57 Å². The number of hydrogen-bond acceptors (Lipinski definition) is 5. The van der Waals surface area contributed by atoms with Crippen molar-refractivity contribution >= 4 is 0 Å². The van der Waals surface area contributed by atoms with Gasteiger partial charge in [0.2, 0.25) is 5.82 Å². The van der Waals surface area contributed by atoms with Gasteiger partial charge in [0.25, 0.3) is 5.56 Å². The third-order valence-electron chi connectivity index (χ3n) is 2.75. The normalized spacial score (nSPS) is 10.8. The van der Waals surface area contributed by atoms with E-state index in [1.54, 1.807) is 6.20 Å². The molecular formula is C13H12N6O. The Balaban J connectivity index is 2.74. The molecule has 7 heteroatoms. The van der Waals surface area contributed by atoms with Gasteiger partial charge in [-0.3, -0.25) is 9.36 Å². The van der Waals surface area contributed by atoms with E-state index in [9.17, 15) is 4.79 Å². The van der Waals surface area contributed by atoms with Gasteiger partial charge in [0.1, 0.15) is 18.5 Å². The van der Waals surface area contributed by atoms with Crippen molar-refractivity contribution in [1.82, 2.24) is 19.1 Å². The Labute approximate surface area is 115 Å². The van der Waals surface area contributed by atoms with Crippen molar-refractivity contribution in [3.8, 4) is 18.0 Å². The molecule has 0 atom stereocenters. The molecule has 2 aromatic heterocycles. The van der Waals surface area contributed by atoms with Crippen molar-refractivity contribution in [2.45, 2.75) is 26.3 Å². The highest BCUT2D eigenvalue weighted by atomic mass is 16.1. The fourth-order valence-electron chi connectivity index (χ4n) is 1.79. The quantitative estimate of drug-likeness (QED) is 0.765. The minimum absolute atomic E-state index is 0.00348. The van der Waals surface area contributed by atoms with Crippen molar-refractivity contribution in [3.63, 3.8) is 0 Å². The van der Waals surface area contributed by atoms with Gasteiger partial charge in [-0.2, -0.15) is 10.5 Å². The van der Waals surface area contributed by atoms with Crippen molar-refractivity contribution in [3.05, 3.63) is 40.5 Å². The maximum atomic E-state index is 12.4. The van der Waals surface area contributed by atoms with Crippen molar-refractivity contribution in [2.75, 3.05) is 0 Å². The number of rotatable bonds is 1. The van der Waals surface area contributed by atoms with E-state index < -0.39 is 5.54 Å².